The van der Waals surface area contributed by atoms with Gasteiger partial charge in [-0.2, -0.15) is 0 Å². The lowest BCUT2D eigenvalue weighted by atomic mass is 9.94. The Hall–Kier alpha value is -1.55. The molecule has 0 N–H and O–H groups in total. The molecule has 2 aliphatic rings. The van der Waals surface area contributed by atoms with Crippen LogP contribution in [0, 0.1) is 0 Å². The summed E-state index contributed by atoms with van der Waals surface area (Å²) in [4.78, 5) is 16.9. The fraction of sp³-hybridized carbons (Fsp3) is 0.632. The number of ether oxygens (including phenoxy) is 1. The molecule has 2 aliphatic heterocycles. The number of carbonyl (C=O) groups excluding carboxylic acids is 1. The molecule has 0 saturated carbocycles. The third-order valence-electron chi connectivity index (χ3n) is 4.95. The summed E-state index contributed by atoms with van der Waals surface area (Å²) < 4.78 is 5.62. The molecule has 126 valence electrons. The lowest BCUT2D eigenvalue weighted by molar-refractivity contribution is 0.0194. The van der Waals surface area contributed by atoms with E-state index in [1.165, 1.54) is 5.56 Å². The maximum Gasteiger partial charge on any atom is 0.410 e. The Morgan fingerprint density at radius 1 is 1.26 bits per heavy atom. The van der Waals surface area contributed by atoms with E-state index in [-0.39, 0.29) is 6.09 Å². The first-order chi connectivity index (χ1) is 10.8. The molecule has 0 radical (unpaired) electrons. The van der Waals surface area contributed by atoms with E-state index in [9.17, 15) is 4.79 Å². The summed E-state index contributed by atoms with van der Waals surface area (Å²) in [7, 11) is 2.17. The molecule has 0 aliphatic carbocycles. The maximum absolute atomic E-state index is 12.5. The van der Waals surface area contributed by atoms with Gasteiger partial charge in [-0.1, -0.05) is 30.3 Å². The van der Waals surface area contributed by atoms with Crippen molar-refractivity contribution in [2.24, 2.45) is 0 Å². The average molecular weight is 316 g/mol. The number of amides is 1. The summed E-state index contributed by atoms with van der Waals surface area (Å²) in [6.07, 6.45) is 3.13. The Balaban J connectivity index is 1.66. The molecular weight excluding hydrogens is 288 g/mol. The number of rotatable bonds is 3. The molecule has 1 aromatic carbocycles. The highest BCUT2D eigenvalue weighted by molar-refractivity contribution is 5.70. The summed E-state index contributed by atoms with van der Waals surface area (Å²) in [5, 5.41) is 0. The molecular formula is C19H28N2O2. The number of likely N-dealkylation sites (N-methyl/N-ethyl adjacent to an activating group) is 1. The number of carbonyl (C=O) groups is 1. The van der Waals surface area contributed by atoms with Gasteiger partial charge in [-0.05, 0) is 52.6 Å². The van der Waals surface area contributed by atoms with Crippen LogP contribution in [0.5, 0.6) is 0 Å². The van der Waals surface area contributed by atoms with Crippen LogP contribution in [-0.2, 0) is 11.3 Å². The second kappa shape index (κ2) is 6.16. The monoisotopic (exact) mass is 316 g/mol. The Morgan fingerprint density at radius 3 is 2.61 bits per heavy atom. The quantitative estimate of drug-likeness (QED) is 0.853. The number of hydrogen-bond acceptors (Lipinski definition) is 3. The van der Waals surface area contributed by atoms with Crippen LogP contribution in [0.25, 0.3) is 0 Å². The highest BCUT2D eigenvalue weighted by Gasteiger charge is 2.50. The van der Waals surface area contributed by atoms with Crippen LogP contribution in [0.15, 0.2) is 30.3 Å². The van der Waals surface area contributed by atoms with Crippen molar-refractivity contribution >= 4 is 6.09 Å². The van der Waals surface area contributed by atoms with E-state index in [0.29, 0.717) is 18.1 Å². The molecule has 4 nitrogen and oxygen atoms in total. The molecule has 3 atom stereocenters. The van der Waals surface area contributed by atoms with Gasteiger partial charge >= 0.3 is 6.09 Å². The van der Waals surface area contributed by atoms with Gasteiger partial charge in [0.2, 0.25) is 0 Å². The molecule has 0 aromatic heterocycles. The summed E-state index contributed by atoms with van der Waals surface area (Å²) >= 11 is 0. The van der Waals surface area contributed by atoms with Crippen LogP contribution in [0.2, 0.25) is 0 Å². The molecule has 4 heteroatoms. The molecule has 3 rings (SSSR count). The van der Waals surface area contributed by atoms with Gasteiger partial charge in [-0.15, -0.1) is 0 Å². The topological polar surface area (TPSA) is 32.8 Å². The van der Waals surface area contributed by atoms with Crippen LogP contribution >= 0.6 is 0 Å². The molecule has 1 amide bonds. The van der Waals surface area contributed by atoms with Crippen LogP contribution in [0.1, 0.15) is 45.6 Å². The van der Waals surface area contributed by atoms with Crippen molar-refractivity contribution in [2.75, 3.05) is 7.05 Å². The van der Waals surface area contributed by atoms with Gasteiger partial charge in [-0.3, -0.25) is 4.90 Å². The van der Waals surface area contributed by atoms with Crippen molar-refractivity contribution in [2.45, 2.75) is 70.3 Å². The highest BCUT2D eigenvalue weighted by Crippen LogP contribution is 2.41. The van der Waals surface area contributed by atoms with Crippen LogP contribution in [0.3, 0.4) is 0 Å². The van der Waals surface area contributed by atoms with E-state index >= 15 is 0 Å². The molecule has 2 fully saturated rings. The van der Waals surface area contributed by atoms with Crippen molar-refractivity contribution in [1.82, 2.24) is 9.80 Å². The predicted molar refractivity (Wildman–Crippen MR) is 91.2 cm³/mol. The fourth-order valence-corrected chi connectivity index (χ4v) is 4.02. The van der Waals surface area contributed by atoms with E-state index in [2.05, 4.69) is 36.2 Å². The molecule has 2 saturated heterocycles. The molecule has 23 heavy (non-hydrogen) atoms. The zero-order chi connectivity index (χ0) is 16.6. The van der Waals surface area contributed by atoms with Gasteiger partial charge in [0.1, 0.15) is 5.60 Å². The Kier molecular flexibility index (Phi) is 4.37. The zero-order valence-corrected chi connectivity index (χ0v) is 14.7. The van der Waals surface area contributed by atoms with Crippen molar-refractivity contribution in [3.63, 3.8) is 0 Å². The maximum atomic E-state index is 12.5. The number of fused-ring (bicyclic) bond motifs is 2. The predicted octanol–water partition coefficient (Wildman–Crippen LogP) is 3.66. The van der Waals surface area contributed by atoms with Crippen LogP contribution in [-0.4, -0.2) is 46.7 Å². The minimum absolute atomic E-state index is 0.138. The molecule has 2 bridgehead atoms. The number of hydrogen-bond donors (Lipinski definition) is 0. The van der Waals surface area contributed by atoms with E-state index in [1.807, 2.05) is 31.7 Å². The standard InChI is InChI=1S/C19H28N2O2/c1-19(2,3)23-18(22)21-15-10-11-16(21)17(12-15)20(4)13-14-8-6-5-7-9-14/h5-9,15-17H,10-13H2,1-4H3/t15-,16+,17?/m1/s1. The van der Waals surface area contributed by atoms with E-state index in [0.717, 1.165) is 25.8 Å². The Labute approximate surface area is 139 Å². The van der Waals surface area contributed by atoms with Crippen molar-refractivity contribution < 1.29 is 9.53 Å². The summed E-state index contributed by atoms with van der Waals surface area (Å²) in [5.74, 6) is 0. The van der Waals surface area contributed by atoms with Gasteiger partial charge in [0.25, 0.3) is 0 Å². The van der Waals surface area contributed by atoms with Crippen molar-refractivity contribution in [3.8, 4) is 0 Å². The first-order valence-corrected chi connectivity index (χ1v) is 8.60. The van der Waals surface area contributed by atoms with Crippen molar-refractivity contribution in [1.29, 1.82) is 0 Å². The second-order valence-electron chi connectivity index (χ2n) is 7.89. The van der Waals surface area contributed by atoms with Gasteiger partial charge in [-0.25, -0.2) is 4.79 Å². The SMILES string of the molecule is CN(Cc1ccccc1)C1C[C@H]2CC[C@@H]1N2C(=O)OC(C)(C)C. The van der Waals surface area contributed by atoms with Gasteiger partial charge < -0.3 is 9.64 Å². The first-order valence-electron chi connectivity index (χ1n) is 8.60. The normalized spacial score (nSPS) is 26.8. The lowest BCUT2D eigenvalue weighted by Gasteiger charge is -2.32. The molecule has 1 unspecified atom stereocenters. The van der Waals surface area contributed by atoms with Gasteiger partial charge in [0.05, 0.1) is 6.04 Å². The number of nitrogens with zero attached hydrogens (tertiary/aromatic N) is 2. The van der Waals surface area contributed by atoms with Crippen LogP contribution in [0.4, 0.5) is 4.79 Å². The summed E-state index contributed by atoms with van der Waals surface area (Å²) in [5.41, 5.74) is 0.895. The largest absolute Gasteiger partial charge is 0.444 e. The van der Waals surface area contributed by atoms with Gasteiger partial charge in [0.15, 0.2) is 0 Å². The molecule has 2 heterocycles. The average Bonchev–Trinajstić information content (AvgIpc) is 3.04. The minimum atomic E-state index is -0.426. The number of benzene rings is 1. The van der Waals surface area contributed by atoms with E-state index in [4.69, 9.17) is 4.74 Å². The van der Waals surface area contributed by atoms with Crippen LogP contribution < -0.4 is 0 Å². The Morgan fingerprint density at radius 2 is 1.96 bits per heavy atom. The van der Waals surface area contributed by atoms with Gasteiger partial charge in [0, 0.05) is 18.6 Å². The summed E-state index contributed by atoms with van der Waals surface area (Å²) in [6, 6.07) is 11.6. The second-order valence-corrected chi connectivity index (χ2v) is 7.89. The van der Waals surface area contributed by atoms with E-state index in [1.54, 1.807) is 0 Å². The smallest absolute Gasteiger partial charge is 0.410 e. The lowest BCUT2D eigenvalue weighted by Crippen LogP contribution is -2.45. The van der Waals surface area contributed by atoms with Crippen molar-refractivity contribution in [3.05, 3.63) is 35.9 Å². The molecule has 0 spiro atoms. The summed E-state index contributed by atoms with van der Waals surface area (Å²) in [6.45, 7) is 6.72. The Bertz CT molecular complexity index is 552. The highest BCUT2D eigenvalue weighted by atomic mass is 16.6. The molecule has 1 aromatic rings. The third kappa shape index (κ3) is 3.52. The fourth-order valence-electron chi connectivity index (χ4n) is 4.02. The first kappa shape index (κ1) is 16.3. The third-order valence-corrected chi connectivity index (χ3v) is 4.95. The van der Waals surface area contributed by atoms with E-state index < -0.39 is 5.60 Å². The minimum Gasteiger partial charge on any atom is -0.444 e. The zero-order valence-electron chi connectivity index (χ0n) is 14.7.